The van der Waals surface area contributed by atoms with Crippen molar-refractivity contribution in [1.29, 1.82) is 0 Å². The van der Waals surface area contributed by atoms with Crippen LogP contribution in [-0.2, 0) is 23.6 Å². The summed E-state index contributed by atoms with van der Waals surface area (Å²) >= 11 is 0. The Balaban J connectivity index is 0. The van der Waals surface area contributed by atoms with Crippen molar-refractivity contribution in [2.24, 2.45) is 0 Å². The average Bonchev–Trinajstić information content (AvgIpc) is 1.85. The van der Waals surface area contributed by atoms with Gasteiger partial charge in [-0.1, -0.05) is 6.58 Å². The summed E-state index contributed by atoms with van der Waals surface area (Å²) in [6.07, 6.45) is 0. The molecule has 0 saturated heterocycles. The molecule has 0 heterocycles. The topological polar surface area (TPSA) is 69.7 Å². The van der Waals surface area contributed by atoms with Crippen LogP contribution in [0.4, 0.5) is 0 Å². The minimum absolute atomic E-state index is 0. The minimum atomic E-state index is -4.19. The normalized spacial score (nSPS) is 10.0. The molecule has 5 nitrogen and oxygen atoms in total. The van der Waals surface area contributed by atoms with Gasteiger partial charge in [-0.15, -0.1) is 0 Å². The molecule has 0 spiro atoms. The monoisotopic (exact) mass is 218 g/mol. The first-order valence-electron chi connectivity index (χ1n) is 3.17. The van der Waals surface area contributed by atoms with E-state index in [0.29, 0.717) is 0 Å². The van der Waals surface area contributed by atoms with E-state index in [1.165, 1.54) is 13.8 Å². The van der Waals surface area contributed by atoms with Gasteiger partial charge < -0.3 is 4.18 Å². The van der Waals surface area contributed by atoms with Crippen LogP contribution in [0.1, 0.15) is 13.8 Å². The van der Waals surface area contributed by atoms with Gasteiger partial charge in [0.2, 0.25) is 0 Å². The van der Waals surface area contributed by atoms with Crippen LogP contribution in [0, 0.1) is 0 Å². The summed E-state index contributed by atoms with van der Waals surface area (Å²) in [6, 6.07) is 0. The molecule has 0 aliphatic rings. The molecule has 0 radical (unpaired) electrons. The van der Waals surface area contributed by atoms with Crippen LogP contribution in [0.3, 0.4) is 0 Å². The number of carbonyl (C=O) groups excluding carboxylic acids is 1. The first-order valence-corrected chi connectivity index (χ1v) is 4.51. The van der Waals surface area contributed by atoms with Crippen molar-refractivity contribution in [3.05, 3.63) is 12.2 Å². The Morgan fingerprint density at radius 3 is 2.23 bits per heavy atom. The van der Waals surface area contributed by atoms with Crippen LogP contribution in [0.5, 0.6) is 0 Å². The Morgan fingerprint density at radius 1 is 1.46 bits per heavy atom. The van der Waals surface area contributed by atoms with Gasteiger partial charge in [0.15, 0.2) is 0 Å². The van der Waals surface area contributed by atoms with Crippen molar-refractivity contribution >= 4 is 45.9 Å². The molecule has 0 amide bonds. The standard InChI is InChI=1S/C6H10O5S.Na.H/c1-4-10-12(8,9)11-6(7)5(2)3;;/h2,4H2,1,3H3;;. The third-order valence-corrected chi connectivity index (χ3v) is 1.67. The van der Waals surface area contributed by atoms with E-state index in [2.05, 4.69) is 14.9 Å². The van der Waals surface area contributed by atoms with Crippen LogP contribution in [-0.4, -0.2) is 50.6 Å². The Labute approximate surface area is 99.7 Å². The summed E-state index contributed by atoms with van der Waals surface area (Å²) < 4.78 is 29.4. The van der Waals surface area contributed by atoms with Gasteiger partial charge in [-0.05, 0) is 13.8 Å². The molecule has 0 N–H and O–H groups in total. The van der Waals surface area contributed by atoms with Gasteiger partial charge in [0.1, 0.15) is 0 Å². The summed E-state index contributed by atoms with van der Waals surface area (Å²) in [5.41, 5.74) is -0.00159. The molecule has 0 unspecified atom stereocenters. The van der Waals surface area contributed by atoms with Gasteiger partial charge in [-0.3, -0.25) is 0 Å². The molecule has 0 fully saturated rings. The molecule has 0 bridgehead atoms. The van der Waals surface area contributed by atoms with E-state index in [0.717, 1.165) is 0 Å². The molecule has 72 valence electrons. The molecule has 0 rings (SSSR count). The third-order valence-electron chi connectivity index (χ3n) is 0.788. The van der Waals surface area contributed by atoms with E-state index < -0.39 is 16.4 Å². The maximum atomic E-state index is 10.7. The van der Waals surface area contributed by atoms with E-state index in [4.69, 9.17) is 0 Å². The van der Waals surface area contributed by atoms with Gasteiger partial charge in [-0.25, -0.2) is 8.98 Å². The molecule has 0 aromatic rings. The Morgan fingerprint density at radius 2 is 1.92 bits per heavy atom. The van der Waals surface area contributed by atoms with Crippen molar-refractivity contribution in [2.75, 3.05) is 6.61 Å². The fourth-order valence-corrected chi connectivity index (χ4v) is 0.997. The van der Waals surface area contributed by atoms with E-state index in [9.17, 15) is 13.2 Å². The third kappa shape index (κ3) is 7.21. The van der Waals surface area contributed by atoms with E-state index in [-0.39, 0.29) is 41.7 Å². The van der Waals surface area contributed by atoms with E-state index in [1.807, 2.05) is 0 Å². The molecular weight excluding hydrogens is 207 g/mol. The van der Waals surface area contributed by atoms with E-state index in [1.54, 1.807) is 0 Å². The molecule has 0 aromatic heterocycles. The molecule has 7 heteroatoms. The summed E-state index contributed by atoms with van der Waals surface area (Å²) in [5, 5.41) is 0. The van der Waals surface area contributed by atoms with Crippen molar-refractivity contribution < 1.29 is 21.6 Å². The predicted octanol–water partition coefficient (Wildman–Crippen LogP) is -0.262. The number of hydrogen-bond acceptors (Lipinski definition) is 5. The Hall–Kier alpha value is 0.120. The van der Waals surface area contributed by atoms with Gasteiger partial charge >= 0.3 is 45.9 Å². The quantitative estimate of drug-likeness (QED) is 0.480. The fraction of sp³-hybridized carbons (Fsp3) is 0.500. The summed E-state index contributed by atoms with van der Waals surface area (Å²) in [4.78, 5) is 10.7. The van der Waals surface area contributed by atoms with Crippen molar-refractivity contribution in [3.8, 4) is 0 Å². The average molecular weight is 218 g/mol. The first-order chi connectivity index (χ1) is 5.39. The van der Waals surface area contributed by atoms with Gasteiger partial charge in [0.05, 0.1) is 6.61 Å². The zero-order chi connectivity index (χ0) is 9.78. The molecule has 0 aliphatic carbocycles. The van der Waals surface area contributed by atoms with Crippen LogP contribution < -0.4 is 0 Å². The van der Waals surface area contributed by atoms with Crippen LogP contribution >= 0.6 is 0 Å². The summed E-state index contributed by atoms with van der Waals surface area (Å²) in [5.74, 6) is -1.01. The SMILES string of the molecule is C=C(C)C(=O)OS(=O)(=O)OCC.[NaH]. The second-order valence-electron chi connectivity index (χ2n) is 1.97. The molecular formula is C6H11NaO5S. The van der Waals surface area contributed by atoms with Crippen LogP contribution in [0.2, 0.25) is 0 Å². The zero-order valence-electron chi connectivity index (χ0n) is 6.86. The van der Waals surface area contributed by atoms with Gasteiger partial charge in [0.25, 0.3) is 0 Å². The van der Waals surface area contributed by atoms with Crippen molar-refractivity contribution in [3.63, 3.8) is 0 Å². The number of hydrogen-bond donors (Lipinski definition) is 0. The molecule has 0 aliphatic heterocycles. The zero-order valence-corrected chi connectivity index (χ0v) is 7.68. The van der Waals surface area contributed by atoms with Crippen molar-refractivity contribution in [2.45, 2.75) is 13.8 Å². The fourth-order valence-electron chi connectivity index (χ4n) is 0.332. The number of rotatable bonds is 4. The van der Waals surface area contributed by atoms with Crippen LogP contribution in [0.25, 0.3) is 0 Å². The second kappa shape index (κ2) is 6.56. The molecule has 0 aromatic carbocycles. The van der Waals surface area contributed by atoms with Crippen LogP contribution in [0.15, 0.2) is 12.2 Å². The molecule has 13 heavy (non-hydrogen) atoms. The maximum absolute atomic E-state index is 10.7. The summed E-state index contributed by atoms with van der Waals surface area (Å²) in [7, 11) is -4.19. The second-order valence-corrected chi connectivity index (χ2v) is 3.18. The Kier molecular flexibility index (Phi) is 7.86. The molecule has 0 atom stereocenters. The molecule has 0 saturated carbocycles. The van der Waals surface area contributed by atoms with E-state index >= 15 is 0 Å². The van der Waals surface area contributed by atoms with Crippen molar-refractivity contribution in [1.82, 2.24) is 0 Å². The predicted molar refractivity (Wildman–Crippen MR) is 48.6 cm³/mol. The first kappa shape index (κ1) is 15.6. The van der Waals surface area contributed by atoms with Gasteiger partial charge in [0, 0.05) is 5.57 Å². The Bertz CT molecular complexity index is 281. The van der Waals surface area contributed by atoms with Gasteiger partial charge in [-0.2, -0.15) is 8.42 Å². The summed E-state index contributed by atoms with van der Waals surface area (Å²) in [6.45, 7) is 5.93. The number of carbonyl (C=O) groups is 1.